The summed E-state index contributed by atoms with van der Waals surface area (Å²) < 4.78 is 15.8. The second kappa shape index (κ2) is 7.82. The first-order valence-corrected chi connectivity index (χ1v) is 7.52. The van der Waals surface area contributed by atoms with Crippen molar-refractivity contribution in [3.63, 3.8) is 0 Å². The van der Waals surface area contributed by atoms with E-state index in [4.69, 9.17) is 14.2 Å². The summed E-state index contributed by atoms with van der Waals surface area (Å²) in [6.45, 7) is 0.544. The van der Waals surface area contributed by atoms with E-state index in [1.165, 1.54) is 14.2 Å². The van der Waals surface area contributed by atoms with Gasteiger partial charge >= 0.3 is 5.97 Å². The molecule has 0 aromatic heterocycles. The first kappa shape index (κ1) is 16.3. The average molecular weight is 306 g/mol. The summed E-state index contributed by atoms with van der Waals surface area (Å²) in [7, 11) is 2.96. The van der Waals surface area contributed by atoms with Crippen molar-refractivity contribution in [2.24, 2.45) is 11.8 Å². The van der Waals surface area contributed by atoms with Crippen molar-refractivity contribution in [3.05, 3.63) is 23.8 Å². The topological polar surface area (TPSA) is 61.8 Å². The number of methoxy groups -OCH3 is 2. The van der Waals surface area contributed by atoms with Crippen molar-refractivity contribution < 1.29 is 23.8 Å². The van der Waals surface area contributed by atoms with E-state index in [1.54, 1.807) is 18.2 Å². The maximum Gasteiger partial charge on any atom is 0.308 e. The molecule has 22 heavy (non-hydrogen) atoms. The molecule has 0 radical (unpaired) electrons. The molecule has 0 aliphatic heterocycles. The highest BCUT2D eigenvalue weighted by atomic mass is 16.5. The fourth-order valence-electron chi connectivity index (χ4n) is 2.88. The Bertz CT molecular complexity index is 518. The molecule has 0 spiro atoms. The fraction of sp³-hybridized carbons (Fsp3) is 0.529. The van der Waals surface area contributed by atoms with Crippen LogP contribution in [0, 0.1) is 11.8 Å². The molecule has 0 heterocycles. The van der Waals surface area contributed by atoms with Gasteiger partial charge in [-0.2, -0.15) is 0 Å². The van der Waals surface area contributed by atoms with Crippen LogP contribution in [0.1, 0.15) is 36.0 Å². The zero-order chi connectivity index (χ0) is 15.9. The van der Waals surface area contributed by atoms with Gasteiger partial charge in [-0.15, -0.1) is 0 Å². The molecule has 0 unspecified atom stereocenters. The SMILES string of the molecule is COc1cccc(OC[C@H]2CC[C@H](C(=O)OC)CC2)c1C=O. The molecule has 1 saturated carbocycles. The standard InChI is InChI=1S/C17H22O5/c1-20-15-4-3-5-16(14(15)10-18)22-11-12-6-8-13(9-7-12)17(19)21-2/h3-5,10,12-13H,6-9,11H2,1-2H3/t12-,13-. The van der Waals surface area contributed by atoms with Crippen LogP contribution < -0.4 is 9.47 Å². The Hall–Kier alpha value is -2.04. The van der Waals surface area contributed by atoms with Crippen molar-refractivity contribution in [3.8, 4) is 11.5 Å². The van der Waals surface area contributed by atoms with E-state index in [1.807, 2.05) is 0 Å². The van der Waals surface area contributed by atoms with E-state index in [-0.39, 0.29) is 11.9 Å². The summed E-state index contributed by atoms with van der Waals surface area (Å²) in [6, 6.07) is 5.31. The third kappa shape index (κ3) is 3.78. The van der Waals surface area contributed by atoms with Crippen LogP contribution in [0.5, 0.6) is 11.5 Å². The number of aldehydes is 1. The van der Waals surface area contributed by atoms with Gasteiger partial charge in [0, 0.05) is 0 Å². The molecule has 0 saturated heterocycles. The summed E-state index contributed by atoms with van der Waals surface area (Å²) >= 11 is 0. The quantitative estimate of drug-likeness (QED) is 0.597. The molecule has 0 bridgehead atoms. The Morgan fingerprint density at radius 3 is 2.45 bits per heavy atom. The number of carbonyl (C=O) groups is 2. The highest BCUT2D eigenvalue weighted by Gasteiger charge is 2.27. The zero-order valence-corrected chi connectivity index (χ0v) is 13.0. The molecule has 1 aliphatic rings. The van der Waals surface area contributed by atoms with Gasteiger partial charge in [-0.25, -0.2) is 0 Å². The number of benzene rings is 1. The van der Waals surface area contributed by atoms with Gasteiger partial charge in [0.25, 0.3) is 0 Å². The Morgan fingerprint density at radius 2 is 1.86 bits per heavy atom. The highest BCUT2D eigenvalue weighted by molar-refractivity contribution is 5.83. The van der Waals surface area contributed by atoms with E-state index in [0.717, 1.165) is 32.0 Å². The average Bonchev–Trinajstić information content (AvgIpc) is 2.59. The van der Waals surface area contributed by atoms with Gasteiger partial charge in [0.15, 0.2) is 6.29 Å². The Balaban J connectivity index is 1.90. The molecule has 0 amide bonds. The predicted molar refractivity (Wildman–Crippen MR) is 81.3 cm³/mol. The van der Waals surface area contributed by atoms with Crippen molar-refractivity contribution in [2.75, 3.05) is 20.8 Å². The number of hydrogen-bond acceptors (Lipinski definition) is 5. The maximum absolute atomic E-state index is 11.5. The molecule has 1 fully saturated rings. The van der Waals surface area contributed by atoms with Crippen LogP contribution in [0.4, 0.5) is 0 Å². The first-order chi connectivity index (χ1) is 10.7. The van der Waals surface area contributed by atoms with Gasteiger partial charge in [0.1, 0.15) is 11.5 Å². The van der Waals surface area contributed by atoms with E-state index < -0.39 is 0 Å². The minimum atomic E-state index is -0.115. The highest BCUT2D eigenvalue weighted by Crippen LogP contribution is 2.31. The van der Waals surface area contributed by atoms with E-state index in [2.05, 4.69) is 0 Å². The lowest BCUT2D eigenvalue weighted by Crippen LogP contribution is -2.25. The second-order valence-electron chi connectivity index (χ2n) is 5.54. The smallest absolute Gasteiger partial charge is 0.308 e. The van der Waals surface area contributed by atoms with Crippen molar-refractivity contribution in [1.82, 2.24) is 0 Å². The Morgan fingerprint density at radius 1 is 1.18 bits per heavy atom. The van der Waals surface area contributed by atoms with E-state index in [0.29, 0.717) is 29.6 Å². The molecule has 0 atom stereocenters. The van der Waals surface area contributed by atoms with Crippen LogP contribution in [0.3, 0.4) is 0 Å². The Labute approximate surface area is 130 Å². The number of carbonyl (C=O) groups excluding carboxylic acids is 2. The summed E-state index contributed by atoms with van der Waals surface area (Å²) in [5.41, 5.74) is 0.438. The molecule has 2 rings (SSSR count). The molecule has 5 nitrogen and oxygen atoms in total. The maximum atomic E-state index is 11.5. The molecule has 5 heteroatoms. The van der Waals surface area contributed by atoms with E-state index >= 15 is 0 Å². The van der Waals surface area contributed by atoms with E-state index in [9.17, 15) is 9.59 Å². The molecule has 1 aromatic rings. The fourth-order valence-corrected chi connectivity index (χ4v) is 2.88. The predicted octanol–water partition coefficient (Wildman–Crippen LogP) is 2.87. The van der Waals surface area contributed by atoms with Crippen LogP contribution in [-0.4, -0.2) is 33.1 Å². The normalized spacial score (nSPS) is 21.0. The number of esters is 1. The largest absolute Gasteiger partial charge is 0.496 e. The number of hydrogen-bond donors (Lipinski definition) is 0. The minimum Gasteiger partial charge on any atom is -0.496 e. The van der Waals surface area contributed by atoms with Gasteiger partial charge in [-0.3, -0.25) is 9.59 Å². The first-order valence-electron chi connectivity index (χ1n) is 7.52. The minimum absolute atomic E-state index is 0.0172. The summed E-state index contributed by atoms with van der Waals surface area (Å²) in [6.07, 6.45) is 4.28. The lowest BCUT2D eigenvalue weighted by Gasteiger charge is -2.27. The summed E-state index contributed by atoms with van der Waals surface area (Å²) in [5.74, 6) is 1.36. The summed E-state index contributed by atoms with van der Waals surface area (Å²) in [5, 5.41) is 0. The number of ether oxygens (including phenoxy) is 3. The van der Waals surface area contributed by atoms with Gasteiger partial charge in [-0.05, 0) is 43.7 Å². The van der Waals surface area contributed by atoms with Crippen LogP contribution >= 0.6 is 0 Å². The van der Waals surface area contributed by atoms with Gasteiger partial charge in [-0.1, -0.05) is 6.07 Å². The van der Waals surface area contributed by atoms with Crippen molar-refractivity contribution in [2.45, 2.75) is 25.7 Å². The monoisotopic (exact) mass is 306 g/mol. The van der Waals surface area contributed by atoms with Gasteiger partial charge < -0.3 is 14.2 Å². The van der Waals surface area contributed by atoms with Crippen LogP contribution in [0.15, 0.2) is 18.2 Å². The van der Waals surface area contributed by atoms with Gasteiger partial charge in [0.2, 0.25) is 0 Å². The zero-order valence-electron chi connectivity index (χ0n) is 13.0. The van der Waals surface area contributed by atoms with Crippen molar-refractivity contribution in [1.29, 1.82) is 0 Å². The van der Waals surface area contributed by atoms with Crippen molar-refractivity contribution >= 4 is 12.3 Å². The van der Waals surface area contributed by atoms with Crippen LogP contribution in [0.25, 0.3) is 0 Å². The lowest BCUT2D eigenvalue weighted by molar-refractivity contribution is -0.146. The van der Waals surface area contributed by atoms with Crippen LogP contribution in [-0.2, 0) is 9.53 Å². The van der Waals surface area contributed by atoms with Gasteiger partial charge in [0.05, 0.1) is 32.3 Å². The third-order valence-corrected chi connectivity index (χ3v) is 4.22. The van der Waals surface area contributed by atoms with Crippen LogP contribution in [0.2, 0.25) is 0 Å². The molecule has 0 N–H and O–H groups in total. The lowest BCUT2D eigenvalue weighted by atomic mass is 9.82. The summed E-state index contributed by atoms with van der Waals surface area (Å²) in [4.78, 5) is 22.7. The Kier molecular flexibility index (Phi) is 5.81. The molecule has 1 aliphatic carbocycles. The molecule has 1 aromatic carbocycles. The molecular formula is C17H22O5. The molecular weight excluding hydrogens is 284 g/mol. The number of rotatable bonds is 6. The third-order valence-electron chi connectivity index (χ3n) is 4.22. The second-order valence-corrected chi connectivity index (χ2v) is 5.54. The molecule has 120 valence electrons.